The number of methoxy groups -OCH3 is 1. The number of ether oxygens (including phenoxy) is 1. The summed E-state index contributed by atoms with van der Waals surface area (Å²) in [5, 5.41) is 2.89. The molecule has 0 aliphatic carbocycles. The summed E-state index contributed by atoms with van der Waals surface area (Å²) in [4.78, 5) is 27.2. The second-order valence-electron chi connectivity index (χ2n) is 6.12. The summed E-state index contributed by atoms with van der Waals surface area (Å²) in [6.07, 6.45) is 0.422. The first-order valence-corrected chi connectivity index (χ1v) is 8.03. The first-order valence-electron chi connectivity index (χ1n) is 8.03. The van der Waals surface area contributed by atoms with Gasteiger partial charge in [0.2, 0.25) is 5.91 Å². The molecule has 24 heavy (non-hydrogen) atoms. The molecule has 2 aliphatic rings. The first kappa shape index (κ1) is 14.9. The second-order valence-corrected chi connectivity index (χ2v) is 6.12. The summed E-state index contributed by atoms with van der Waals surface area (Å²) in [6, 6.07) is 14.9. The maximum atomic E-state index is 13.0. The molecule has 0 aromatic heterocycles. The van der Waals surface area contributed by atoms with Crippen LogP contribution >= 0.6 is 0 Å². The number of amides is 2. The molecule has 2 amide bonds. The lowest BCUT2D eigenvalue weighted by molar-refractivity contribution is -0.122. The van der Waals surface area contributed by atoms with Crippen molar-refractivity contribution in [3.63, 3.8) is 0 Å². The van der Waals surface area contributed by atoms with Crippen molar-refractivity contribution in [1.82, 2.24) is 4.90 Å². The third-order valence-electron chi connectivity index (χ3n) is 4.79. The Hall–Kier alpha value is -2.66. The van der Waals surface area contributed by atoms with E-state index in [4.69, 9.17) is 4.74 Å². The van der Waals surface area contributed by atoms with Crippen molar-refractivity contribution >= 4 is 17.5 Å². The number of hydrogen-bond acceptors (Lipinski definition) is 3. The monoisotopic (exact) mass is 322 g/mol. The largest absolute Gasteiger partial charge is 0.379 e. The molecule has 2 heterocycles. The van der Waals surface area contributed by atoms with E-state index in [1.165, 1.54) is 0 Å². The fraction of sp³-hybridized carbons (Fsp3) is 0.263. The van der Waals surface area contributed by atoms with Crippen molar-refractivity contribution in [3.8, 4) is 11.1 Å². The van der Waals surface area contributed by atoms with E-state index >= 15 is 0 Å². The maximum Gasteiger partial charge on any atom is 0.256 e. The number of rotatable bonds is 2. The van der Waals surface area contributed by atoms with E-state index in [1.807, 2.05) is 42.5 Å². The lowest BCUT2D eigenvalue weighted by Crippen LogP contribution is -2.46. The number of hydrogen-bond donors (Lipinski definition) is 1. The Labute approximate surface area is 140 Å². The van der Waals surface area contributed by atoms with Gasteiger partial charge in [-0.05, 0) is 29.7 Å². The van der Waals surface area contributed by atoms with Crippen LogP contribution in [0.15, 0.2) is 48.5 Å². The average molecular weight is 322 g/mol. The Morgan fingerprint density at radius 3 is 2.62 bits per heavy atom. The van der Waals surface area contributed by atoms with Crippen LogP contribution in [0, 0.1) is 0 Å². The van der Waals surface area contributed by atoms with E-state index in [0.717, 1.165) is 11.1 Å². The van der Waals surface area contributed by atoms with Crippen LogP contribution in [0.2, 0.25) is 0 Å². The minimum Gasteiger partial charge on any atom is -0.379 e. The molecule has 5 heteroatoms. The van der Waals surface area contributed by atoms with Crippen molar-refractivity contribution in [2.24, 2.45) is 0 Å². The second kappa shape index (κ2) is 5.76. The molecule has 122 valence electrons. The highest BCUT2D eigenvalue weighted by Gasteiger charge is 2.44. The molecule has 2 unspecified atom stereocenters. The van der Waals surface area contributed by atoms with Gasteiger partial charge in [-0.1, -0.05) is 36.4 Å². The van der Waals surface area contributed by atoms with Gasteiger partial charge in [-0.25, -0.2) is 0 Å². The zero-order valence-electron chi connectivity index (χ0n) is 13.4. The number of fused-ring (bicyclic) bond motifs is 2. The minimum atomic E-state index is -0.560. The molecular formula is C19H18N2O3. The molecule has 0 bridgehead atoms. The standard InChI is InChI=1S/C19H18N2O3/c1-24-16-9-10-21-17(16)18(22)20-15-8-7-13(11-14(15)19(21)23)12-5-3-2-4-6-12/h2-8,11,16-17H,9-10H2,1H3,(H,20,22). The number of nitrogens with zero attached hydrogens (tertiary/aromatic N) is 1. The van der Waals surface area contributed by atoms with Gasteiger partial charge in [0.15, 0.2) is 0 Å². The van der Waals surface area contributed by atoms with Gasteiger partial charge in [0.25, 0.3) is 5.91 Å². The molecule has 2 atom stereocenters. The third-order valence-corrected chi connectivity index (χ3v) is 4.79. The van der Waals surface area contributed by atoms with Crippen molar-refractivity contribution in [3.05, 3.63) is 54.1 Å². The average Bonchev–Trinajstić information content (AvgIpc) is 3.02. The summed E-state index contributed by atoms with van der Waals surface area (Å²) >= 11 is 0. The van der Waals surface area contributed by atoms with Crippen LogP contribution in [-0.4, -0.2) is 42.5 Å². The zero-order valence-corrected chi connectivity index (χ0v) is 13.4. The number of nitrogens with one attached hydrogen (secondary N) is 1. The molecule has 1 saturated heterocycles. The fourth-order valence-electron chi connectivity index (χ4n) is 3.55. The Balaban J connectivity index is 1.78. The molecule has 4 rings (SSSR count). The van der Waals surface area contributed by atoms with E-state index in [0.29, 0.717) is 24.2 Å². The SMILES string of the molecule is COC1CCN2C(=O)c3cc(-c4ccccc4)ccc3NC(=O)C12. The number of carbonyl (C=O) groups excluding carboxylic acids is 2. The summed E-state index contributed by atoms with van der Waals surface area (Å²) in [6.45, 7) is 0.532. The van der Waals surface area contributed by atoms with Crippen LogP contribution in [0.1, 0.15) is 16.8 Å². The molecule has 1 fully saturated rings. The van der Waals surface area contributed by atoms with E-state index in [2.05, 4.69) is 5.32 Å². The zero-order chi connectivity index (χ0) is 16.7. The van der Waals surface area contributed by atoms with Crippen molar-refractivity contribution in [2.45, 2.75) is 18.6 Å². The van der Waals surface area contributed by atoms with Gasteiger partial charge in [-0.2, -0.15) is 0 Å². The summed E-state index contributed by atoms with van der Waals surface area (Å²) in [7, 11) is 1.58. The van der Waals surface area contributed by atoms with Gasteiger partial charge in [0.1, 0.15) is 6.04 Å². The Morgan fingerprint density at radius 1 is 1.08 bits per heavy atom. The van der Waals surface area contributed by atoms with E-state index in [1.54, 1.807) is 18.1 Å². The minimum absolute atomic E-state index is 0.120. The molecular weight excluding hydrogens is 304 g/mol. The van der Waals surface area contributed by atoms with Crippen molar-refractivity contribution < 1.29 is 14.3 Å². The molecule has 5 nitrogen and oxygen atoms in total. The molecule has 1 N–H and O–H groups in total. The van der Waals surface area contributed by atoms with Gasteiger partial charge >= 0.3 is 0 Å². The highest BCUT2D eigenvalue weighted by Crippen LogP contribution is 2.32. The van der Waals surface area contributed by atoms with Gasteiger partial charge in [0.05, 0.1) is 17.4 Å². The Bertz CT molecular complexity index is 804. The maximum absolute atomic E-state index is 13.0. The topological polar surface area (TPSA) is 58.6 Å². The highest BCUT2D eigenvalue weighted by molar-refractivity contribution is 6.11. The van der Waals surface area contributed by atoms with Gasteiger partial charge in [-0.3, -0.25) is 9.59 Å². The van der Waals surface area contributed by atoms with Crippen LogP contribution in [0.4, 0.5) is 5.69 Å². The first-order chi connectivity index (χ1) is 11.7. The normalized spacial score (nSPS) is 22.6. The lowest BCUT2D eigenvalue weighted by atomic mass is 10.0. The molecule has 0 saturated carbocycles. The smallest absolute Gasteiger partial charge is 0.256 e. The molecule has 2 aromatic carbocycles. The Morgan fingerprint density at radius 2 is 1.88 bits per heavy atom. The van der Waals surface area contributed by atoms with Gasteiger partial charge in [0, 0.05) is 13.7 Å². The predicted molar refractivity (Wildman–Crippen MR) is 90.7 cm³/mol. The van der Waals surface area contributed by atoms with Crippen LogP contribution in [0.5, 0.6) is 0 Å². The fourth-order valence-corrected chi connectivity index (χ4v) is 3.55. The van der Waals surface area contributed by atoms with E-state index < -0.39 is 6.04 Å². The van der Waals surface area contributed by atoms with E-state index in [9.17, 15) is 9.59 Å². The van der Waals surface area contributed by atoms with Crippen LogP contribution in [0.3, 0.4) is 0 Å². The van der Waals surface area contributed by atoms with Crippen LogP contribution in [-0.2, 0) is 9.53 Å². The molecule has 2 aliphatic heterocycles. The number of carbonyl (C=O) groups is 2. The van der Waals surface area contributed by atoms with Crippen molar-refractivity contribution in [2.75, 3.05) is 19.0 Å². The molecule has 2 aromatic rings. The van der Waals surface area contributed by atoms with Gasteiger partial charge < -0.3 is 15.0 Å². The van der Waals surface area contributed by atoms with Crippen LogP contribution in [0.25, 0.3) is 11.1 Å². The number of anilines is 1. The highest BCUT2D eigenvalue weighted by atomic mass is 16.5. The van der Waals surface area contributed by atoms with Crippen molar-refractivity contribution in [1.29, 1.82) is 0 Å². The molecule has 0 spiro atoms. The van der Waals surface area contributed by atoms with Gasteiger partial charge in [-0.15, -0.1) is 0 Å². The third kappa shape index (κ3) is 2.29. The predicted octanol–water partition coefficient (Wildman–Crippen LogP) is 2.54. The quantitative estimate of drug-likeness (QED) is 0.924. The Kier molecular flexibility index (Phi) is 3.58. The summed E-state index contributed by atoms with van der Waals surface area (Å²) in [5.41, 5.74) is 3.09. The summed E-state index contributed by atoms with van der Waals surface area (Å²) < 4.78 is 5.39. The lowest BCUT2D eigenvalue weighted by Gasteiger charge is -2.23. The number of benzene rings is 2. The van der Waals surface area contributed by atoms with Crippen LogP contribution < -0.4 is 5.32 Å². The molecule has 0 radical (unpaired) electrons. The summed E-state index contributed by atoms with van der Waals surface area (Å²) in [5.74, 6) is -0.301. The van der Waals surface area contributed by atoms with E-state index in [-0.39, 0.29) is 17.9 Å².